The molecule has 0 radical (unpaired) electrons. The van der Waals surface area contributed by atoms with Crippen molar-refractivity contribution in [3.8, 4) is 0 Å². The first-order valence-corrected chi connectivity index (χ1v) is 5.55. The zero-order chi connectivity index (χ0) is 11.8. The van der Waals surface area contributed by atoms with Gasteiger partial charge in [-0.1, -0.05) is 0 Å². The highest BCUT2D eigenvalue weighted by Crippen LogP contribution is 1.66. The van der Waals surface area contributed by atoms with Crippen LogP contribution in [-0.2, 0) is 0 Å². The third-order valence-electron chi connectivity index (χ3n) is 1.52. The summed E-state index contributed by atoms with van der Waals surface area (Å²) in [5.41, 5.74) is 20.8. The SMILES string of the molecule is NCCCNCCN.NCCNCCN. The van der Waals surface area contributed by atoms with Crippen LogP contribution >= 0.6 is 0 Å². The third-order valence-corrected chi connectivity index (χ3v) is 1.52. The average Bonchev–Trinajstić information content (AvgIpc) is 2.26. The lowest BCUT2D eigenvalue weighted by atomic mass is 10.4. The molecule has 0 spiro atoms. The van der Waals surface area contributed by atoms with Gasteiger partial charge in [-0.05, 0) is 19.5 Å². The molecule has 0 unspecified atom stereocenters. The Morgan fingerprint density at radius 2 is 0.933 bits per heavy atom. The van der Waals surface area contributed by atoms with Crippen LogP contribution in [0.25, 0.3) is 0 Å². The molecule has 0 saturated heterocycles. The third kappa shape index (κ3) is 24.8. The van der Waals surface area contributed by atoms with E-state index in [2.05, 4.69) is 10.6 Å². The van der Waals surface area contributed by atoms with Gasteiger partial charge in [-0.2, -0.15) is 0 Å². The highest BCUT2D eigenvalue weighted by molar-refractivity contribution is 4.47. The number of hydrogen-bond acceptors (Lipinski definition) is 6. The van der Waals surface area contributed by atoms with E-state index < -0.39 is 0 Å². The topological polar surface area (TPSA) is 128 Å². The first-order valence-electron chi connectivity index (χ1n) is 5.55. The lowest BCUT2D eigenvalue weighted by Crippen LogP contribution is -2.27. The molecule has 0 aromatic heterocycles. The summed E-state index contributed by atoms with van der Waals surface area (Å²) in [6.45, 7) is 6.50. The summed E-state index contributed by atoms with van der Waals surface area (Å²) in [6, 6.07) is 0. The Morgan fingerprint density at radius 1 is 0.533 bits per heavy atom. The van der Waals surface area contributed by atoms with Crippen molar-refractivity contribution in [1.82, 2.24) is 10.6 Å². The summed E-state index contributed by atoms with van der Waals surface area (Å²) in [5.74, 6) is 0. The number of rotatable bonds is 9. The van der Waals surface area contributed by atoms with Crippen LogP contribution in [0.2, 0.25) is 0 Å². The molecule has 6 heteroatoms. The fourth-order valence-corrected chi connectivity index (χ4v) is 0.783. The second-order valence-corrected chi connectivity index (χ2v) is 3.01. The molecule has 0 amide bonds. The highest BCUT2D eigenvalue weighted by Gasteiger charge is 1.80. The van der Waals surface area contributed by atoms with Crippen molar-refractivity contribution in [3.63, 3.8) is 0 Å². The van der Waals surface area contributed by atoms with Crippen molar-refractivity contribution < 1.29 is 0 Å². The highest BCUT2D eigenvalue weighted by atomic mass is 14.9. The lowest BCUT2D eigenvalue weighted by Gasteiger charge is -1.98. The van der Waals surface area contributed by atoms with Gasteiger partial charge in [0.2, 0.25) is 0 Å². The van der Waals surface area contributed by atoms with Gasteiger partial charge in [0.15, 0.2) is 0 Å². The molecule has 6 nitrogen and oxygen atoms in total. The van der Waals surface area contributed by atoms with Crippen molar-refractivity contribution in [2.24, 2.45) is 22.9 Å². The smallest absolute Gasteiger partial charge is 0.00750 e. The van der Waals surface area contributed by atoms with Gasteiger partial charge in [0.1, 0.15) is 0 Å². The second-order valence-electron chi connectivity index (χ2n) is 3.01. The Kier molecular flexibility index (Phi) is 22.1. The van der Waals surface area contributed by atoms with E-state index in [9.17, 15) is 0 Å². The van der Waals surface area contributed by atoms with E-state index >= 15 is 0 Å². The van der Waals surface area contributed by atoms with Crippen LogP contribution in [-0.4, -0.2) is 52.4 Å². The van der Waals surface area contributed by atoms with Gasteiger partial charge in [-0.25, -0.2) is 0 Å². The maximum Gasteiger partial charge on any atom is 0.00750 e. The summed E-state index contributed by atoms with van der Waals surface area (Å²) in [5, 5.41) is 6.17. The van der Waals surface area contributed by atoms with Gasteiger partial charge in [-0.15, -0.1) is 0 Å². The van der Waals surface area contributed by atoms with Gasteiger partial charge in [0, 0.05) is 39.3 Å². The van der Waals surface area contributed by atoms with Crippen molar-refractivity contribution in [3.05, 3.63) is 0 Å². The molecule has 0 rings (SSSR count). The van der Waals surface area contributed by atoms with Gasteiger partial charge < -0.3 is 33.6 Å². The van der Waals surface area contributed by atoms with Gasteiger partial charge in [-0.3, -0.25) is 0 Å². The monoisotopic (exact) mass is 220 g/mol. The Labute approximate surface area is 93.1 Å². The summed E-state index contributed by atoms with van der Waals surface area (Å²) < 4.78 is 0. The van der Waals surface area contributed by atoms with Crippen LogP contribution in [0.3, 0.4) is 0 Å². The fourth-order valence-electron chi connectivity index (χ4n) is 0.783. The van der Waals surface area contributed by atoms with Crippen LogP contribution < -0.4 is 33.6 Å². The molecule has 0 saturated carbocycles. The molecule has 0 aromatic carbocycles. The predicted octanol–water partition coefficient (Wildman–Crippen LogP) is -2.62. The Balaban J connectivity index is 0. The Bertz CT molecular complexity index is 80.7. The molecule has 10 N–H and O–H groups in total. The molecule has 0 atom stereocenters. The van der Waals surface area contributed by atoms with E-state index in [0.29, 0.717) is 19.6 Å². The van der Waals surface area contributed by atoms with Crippen LogP contribution in [0.4, 0.5) is 0 Å². The molecule has 15 heavy (non-hydrogen) atoms. The molecular weight excluding hydrogens is 192 g/mol. The van der Waals surface area contributed by atoms with E-state index in [4.69, 9.17) is 22.9 Å². The molecule has 0 aromatic rings. The number of nitrogens with one attached hydrogen (secondary N) is 2. The summed E-state index contributed by atoms with van der Waals surface area (Å²) in [4.78, 5) is 0. The van der Waals surface area contributed by atoms with Crippen LogP contribution in [0.1, 0.15) is 6.42 Å². The number of hydrogen-bond donors (Lipinski definition) is 6. The Hall–Kier alpha value is -0.240. The molecule has 0 heterocycles. The van der Waals surface area contributed by atoms with E-state index in [1.807, 2.05) is 0 Å². The van der Waals surface area contributed by atoms with E-state index in [0.717, 1.165) is 39.1 Å². The van der Waals surface area contributed by atoms with Crippen molar-refractivity contribution in [1.29, 1.82) is 0 Å². The minimum atomic E-state index is 0.694. The first-order chi connectivity index (χ1) is 7.33. The first kappa shape index (κ1) is 17.2. The molecule has 0 aliphatic heterocycles. The number of nitrogens with two attached hydrogens (primary N) is 4. The zero-order valence-corrected chi connectivity index (χ0v) is 9.67. The predicted molar refractivity (Wildman–Crippen MR) is 66.6 cm³/mol. The molecular formula is C9H28N6. The van der Waals surface area contributed by atoms with E-state index in [1.54, 1.807) is 0 Å². The standard InChI is InChI=1S/C5H15N3.C4H13N3/c6-2-1-4-8-5-3-7;5-1-3-7-4-2-6/h8H,1-7H2;7H,1-6H2. The minimum absolute atomic E-state index is 0.694. The van der Waals surface area contributed by atoms with Crippen LogP contribution in [0.15, 0.2) is 0 Å². The lowest BCUT2D eigenvalue weighted by molar-refractivity contribution is 0.659. The Morgan fingerprint density at radius 3 is 1.27 bits per heavy atom. The van der Waals surface area contributed by atoms with E-state index in [1.165, 1.54) is 0 Å². The maximum absolute atomic E-state index is 5.24. The van der Waals surface area contributed by atoms with Crippen molar-refractivity contribution >= 4 is 0 Å². The molecule has 0 fully saturated rings. The van der Waals surface area contributed by atoms with Gasteiger partial charge >= 0.3 is 0 Å². The van der Waals surface area contributed by atoms with Crippen molar-refractivity contribution in [2.75, 3.05) is 52.4 Å². The van der Waals surface area contributed by atoms with E-state index in [-0.39, 0.29) is 0 Å². The van der Waals surface area contributed by atoms with Crippen molar-refractivity contribution in [2.45, 2.75) is 6.42 Å². The quantitative estimate of drug-likeness (QED) is 0.236. The average molecular weight is 220 g/mol. The summed E-state index contributed by atoms with van der Waals surface area (Å²) in [6.07, 6.45) is 1.04. The molecule has 0 aliphatic rings. The summed E-state index contributed by atoms with van der Waals surface area (Å²) in [7, 11) is 0. The van der Waals surface area contributed by atoms with Crippen LogP contribution in [0.5, 0.6) is 0 Å². The van der Waals surface area contributed by atoms with Crippen LogP contribution in [0, 0.1) is 0 Å². The largest absolute Gasteiger partial charge is 0.330 e. The maximum atomic E-state index is 5.24. The fraction of sp³-hybridized carbons (Fsp3) is 1.00. The second kappa shape index (κ2) is 19.4. The summed E-state index contributed by atoms with van der Waals surface area (Å²) >= 11 is 0. The minimum Gasteiger partial charge on any atom is -0.330 e. The molecule has 0 aliphatic carbocycles. The normalized spacial score (nSPS) is 9.60. The van der Waals surface area contributed by atoms with Gasteiger partial charge in [0.05, 0.1) is 0 Å². The van der Waals surface area contributed by atoms with Gasteiger partial charge in [0.25, 0.3) is 0 Å². The molecule has 0 bridgehead atoms. The zero-order valence-electron chi connectivity index (χ0n) is 9.67. The molecule has 94 valence electrons.